The summed E-state index contributed by atoms with van der Waals surface area (Å²) in [5.41, 5.74) is 5.49. The lowest BCUT2D eigenvalue weighted by atomic mass is 9.99. The van der Waals surface area contributed by atoms with E-state index >= 15 is 0 Å². The van der Waals surface area contributed by atoms with Crippen LogP contribution in [0.4, 0.5) is 11.8 Å². The molecule has 1 heterocycles. The summed E-state index contributed by atoms with van der Waals surface area (Å²) in [4.78, 5) is 7.87. The number of nitrogen functional groups attached to an aromatic ring is 1. The molecule has 0 amide bonds. The van der Waals surface area contributed by atoms with Gasteiger partial charge in [0.25, 0.3) is 0 Å². The quantitative estimate of drug-likeness (QED) is 0.778. The number of rotatable bonds is 4. The van der Waals surface area contributed by atoms with Crippen molar-refractivity contribution in [2.45, 2.75) is 39.2 Å². The topological polar surface area (TPSA) is 63.8 Å². The minimum Gasteiger partial charge on any atom is -0.368 e. The Morgan fingerprint density at radius 1 is 1.47 bits per heavy atom. The highest BCUT2D eigenvalue weighted by Crippen LogP contribution is 2.20. The minimum atomic E-state index is -0.0150. The van der Waals surface area contributed by atoms with E-state index < -0.39 is 0 Å². The first-order chi connectivity index (χ1) is 6.93. The Balaban J connectivity index is 2.80. The fourth-order valence-corrected chi connectivity index (χ4v) is 1.72. The molecule has 4 nitrogen and oxygen atoms in total. The molecule has 0 aliphatic carbocycles. The highest BCUT2D eigenvalue weighted by Gasteiger charge is 2.17. The monoisotopic (exact) mass is 228 g/mol. The van der Waals surface area contributed by atoms with Crippen LogP contribution >= 0.6 is 11.6 Å². The van der Waals surface area contributed by atoms with Gasteiger partial charge in [0.2, 0.25) is 5.95 Å². The summed E-state index contributed by atoms with van der Waals surface area (Å²) >= 11 is 5.78. The zero-order chi connectivity index (χ0) is 11.5. The molecule has 1 aromatic heterocycles. The van der Waals surface area contributed by atoms with E-state index in [1.165, 1.54) is 0 Å². The maximum absolute atomic E-state index is 5.78. The first kappa shape index (κ1) is 12.0. The van der Waals surface area contributed by atoms with Crippen LogP contribution in [0.5, 0.6) is 0 Å². The summed E-state index contributed by atoms with van der Waals surface area (Å²) in [7, 11) is 0. The number of nitrogens with one attached hydrogen (secondary N) is 1. The van der Waals surface area contributed by atoms with Gasteiger partial charge < -0.3 is 11.1 Å². The highest BCUT2D eigenvalue weighted by atomic mass is 35.5. The van der Waals surface area contributed by atoms with Gasteiger partial charge in [-0.05, 0) is 20.3 Å². The van der Waals surface area contributed by atoms with Crippen LogP contribution < -0.4 is 11.1 Å². The maximum atomic E-state index is 5.78. The van der Waals surface area contributed by atoms with Gasteiger partial charge in [-0.2, -0.15) is 4.98 Å². The van der Waals surface area contributed by atoms with Gasteiger partial charge in [-0.25, -0.2) is 4.98 Å². The SMILES string of the molecule is CCCC(C)(C)Nc1cc(Cl)nc(N)n1. The first-order valence-electron chi connectivity index (χ1n) is 5.01. The third kappa shape index (κ3) is 3.91. The van der Waals surface area contributed by atoms with Crippen LogP contribution in [0.3, 0.4) is 0 Å². The van der Waals surface area contributed by atoms with Crippen molar-refractivity contribution in [3.63, 3.8) is 0 Å². The van der Waals surface area contributed by atoms with Crippen LogP contribution in [0, 0.1) is 0 Å². The van der Waals surface area contributed by atoms with E-state index in [4.69, 9.17) is 17.3 Å². The molecule has 84 valence electrons. The smallest absolute Gasteiger partial charge is 0.223 e. The van der Waals surface area contributed by atoms with Crippen molar-refractivity contribution in [3.8, 4) is 0 Å². The molecule has 5 heteroatoms. The van der Waals surface area contributed by atoms with Crippen LogP contribution in [0.1, 0.15) is 33.6 Å². The Morgan fingerprint density at radius 2 is 2.13 bits per heavy atom. The zero-order valence-electron chi connectivity index (χ0n) is 9.34. The second-order valence-corrected chi connectivity index (χ2v) is 4.58. The van der Waals surface area contributed by atoms with E-state index in [9.17, 15) is 0 Å². The van der Waals surface area contributed by atoms with Crippen LogP contribution in [0.15, 0.2) is 6.07 Å². The normalized spacial score (nSPS) is 11.5. The molecule has 0 radical (unpaired) electrons. The zero-order valence-corrected chi connectivity index (χ0v) is 10.1. The van der Waals surface area contributed by atoms with Crippen molar-refractivity contribution >= 4 is 23.4 Å². The lowest BCUT2D eigenvalue weighted by Crippen LogP contribution is -2.31. The molecule has 1 rings (SSSR count). The van der Waals surface area contributed by atoms with Crippen LogP contribution in [-0.4, -0.2) is 15.5 Å². The number of halogens is 1. The van der Waals surface area contributed by atoms with Crippen LogP contribution in [0.2, 0.25) is 5.15 Å². The number of anilines is 2. The molecule has 0 aliphatic heterocycles. The Hall–Kier alpha value is -1.03. The van der Waals surface area contributed by atoms with Gasteiger partial charge in [-0.15, -0.1) is 0 Å². The summed E-state index contributed by atoms with van der Waals surface area (Å²) in [5.74, 6) is 0.864. The molecule has 0 saturated heterocycles. The van der Waals surface area contributed by atoms with Crippen molar-refractivity contribution in [1.82, 2.24) is 9.97 Å². The lowest BCUT2D eigenvalue weighted by Gasteiger charge is -2.26. The van der Waals surface area contributed by atoms with Crippen molar-refractivity contribution in [2.24, 2.45) is 0 Å². The van der Waals surface area contributed by atoms with Crippen molar-refractivity contribution in [2.75, 3.05) is 11.1 Å². The van der Waals surface area contributed by atoms with Gasteiger partial charge in [0.05, 0.1) is 0 Å². The predicted octanol–water partition coefficient (Wildman–Crippen LogP) is 2.70. The fourth-order valence-electron chi connectivity index (χ4n) is 1.53. The van der Waals surface area contributed by atoms with Crippen molar-refractivity contribution in [3.05, 3.63) is 11.2 Å². The molecule has 0 bridgehead atoms. The van der Waals surface area contributed by atoms with Gasteiger partial charge in [-0.3, -0.25) is 0 Å². The fraction of sp³-hybridized carbons (Fsp3) is 0.600. The Bertz CT molecular complexity index is 318. The van der Waals surface area contributed by atoms with Gasteiger partial charge in [-0.1, -0.05) is 24.9 Å². The van der Waals surface area contributed by atoms with E-state index in [2.05, 4.69) is 36.1 Å². The number of hydrogen-bond donors (Lipinski definition) is 2. The van der Waals surface area contributed by atoms with Gasteiger partial charge in [0.1, 0.15) is 11.0 Å². The van der Waals surface area contributed by atoms with E-state index in [1.807, 2.05) is 0 Å². The van der Waals surface area contributed by atoms with E-state index in [0.29, 0.717) is 11.0 Å². The maximum Gasteiger partial charge on any atom is 0.223 e. The molecule has 0 unspecified atom stereocenters. The summed E-state index contributed by atoms with van der Waals surface area (Å²) in [6, 6.07) is 1.68. The number of nitrogens with two attached hydrogens (primary N) is 1. The molecule has 0 spiro atoms. The summed E-state index contributed by atoms with van der Waals surface area (Å²) in [5, 5.41) is 3.64. The Kier molecular flexibility index (Phi) is 3.74. The first-order valence-corrected chi connectivity index (χ1v) is 5.39. The van der Waals surface area contributed by atoms with E-state index in [1.54, 1.807) is 6.07 Å². The van der Waals surface area contributed by atoms with Crippen molar-refractivity contribution < 1.29 is 0 Å². The Morgan fingerprint density at radius 3 is 2.67 bits per heavy atom. The third-order valence-electron chi connectivity index (χ3n) is 2.05. The highest BCUT2D eigenvalue weighted by molar-refractivity contribution is 6.29. The summed E-state index contributed by atoms with van der Waals surface area (Å²) < 4.78 is 0. The molecule has 0 aromatic carbocycles. The second kappa shape index (κ2) is 4.66. The molecule has 3 N–H and O–H groups in total. The molecule has 0 saturated carbocycles. The molecular weight excluding hydrogens is 212 g/mol. The summed E-state index contributed by atoms with van der Waals surface area (Å²) in [6.07, 6.45) is 2.16. The average Bonchev–Trinajstić information content (AvgIpc) is 1.99. The standard InChI is InChI=1S/C10H17ClN4/c1-4-5-10(2,3)15-8-6-7(11)13-9(12)14-8/h6H,4-5H2,1-3H3,(H3,12,13,14,15). The van der Waals surface area contributed by atoms with Crippen LogP contribution in [-0.2, 0) is 0 Å². The minimum absolute atomic E-state index is 0.0150. The van der Waals surface area contributed by atoms with E-state index in [-0.39, 0.29) is 11.5 Å². The summed E-state index contributed by atoms with van der Waals surface area (Å²) in [6.45, 7) is 6.37. The van der Waals surface area contributed by atoms with Crippen LogP contribution in [0.25, 0.3) is 0 Å². The van der Waals surface area contributed by atoms with Gasteiger partial charge in [0.15, 0.2) is 0 Å². The Labute approximate surface area is 95.3 Å². The number of hydrogen-bond acceptors (Lipinski definition) is 4. The lowest BCUT2D eigenvalue weighted by molar-refractivity contribution is 0.509. The third-order valence-corrected chi connectivity index (χ3v) is 2.25. The van der Waals surface area contributed by atoms with Gasteiger partial charge in [0, 0.05) is 11.6 Å². The molecule has 1 aromatic rings. The predicted molar refractivity (Wildman–Crippen MR) is 64.1 cm³/mol. The molecule has 0 atom stereocenters. The molecule has 15 heavy (non-hydrogen) atoms. The second-order valence-electron chi connectivity index (χ2n) is 4.19. The number of nitrogens with zero attached hydrogens (tertiary/aromatic N) is 2. The average molecular weight is 229 g/mol. The molecule has 0 fully saturated rings. The van der Waals surface area contributed by atoms with Gasteiger partial charge >= 0.3 is 0 Å². The molecular formula is C10H17ClN4. The van der Waals surface area contributed by atoms with Crippen molar-refractivity contribution in [1.29, 1.82) is 0 Å². The largest absolute Gasteiger partial charge is 0.368 e. The number of aromatic nitrogens is 2. The van der Waals surface area contributed by atoms with E-state index in [0.717, 1.165) is 12.8 Å². The molecule has 0 aliphatic rings.